The Morgan fingerprint density at radius 2 is 2.04 bits per heavy atom. The molecule has 0 bridgehead atoms. The topological polar surface area (TPSA) is 80.5 Å². The van der Waals surface area contributed by atoms with E-state index in [1.807, 2.05) is 31.2 Å². The van der Waals surface area contributed by atoms with Gasteiger partial charge in [0.25, 0.3) is 0 Å². The number of benzene rings is 1. The SMILES string of the molecule is CC(CN1CCOCC1)C(=O)NCc1ccc(-c2ncon2)cc1. The number of rotatable bonds is 6. The Kier molecular flexibility index (Phi) is 5.55. The molecule has 1 unspecified atom stereocenters. The lowest BCUT2D eigenvalue weighted by Crippen LogP contribution is -2.42. The highest BCUT2D eigenvalue weighted by Crippen LogP contribution is 2.15. The van der Waals surface area contributed by atoms with Crippen LogP contribution in [0, 0.1) is 5.92 Å². The van der Waals surface area contributed by atoms with Crippen molar-refractivity contribution >= 4 is 5.91 Å². The third-order valence-corrected chi connectivity index (χ3v) is 4.12. The molecule has 1 amide bonds. The van der Waals surface area contributed by atoms with Crippen molar-refractivity contribution in [1.82, 2.24) is 20.4 Å². The van der Waals surface area contributed by atoms with E-state index in [-0.39, 0.29) is 11.8 Å². The van der Waals surface area contributed by atoms with Crippen molar-refractivity contribution in [3.05, 3.63) is 36.2 Å². The fraction of sp³-hybridized carbons (Fsp3) is 0.471. The Morgan fingerprint density at radius 1 is 1.29 bits per heavy atom. The van der Waals surface area contributed by atoms with Gasteiger partial charge in [-0.25, -0.2) is 0 Å². The van der Waals surface area contributed by atoms with E-state index in [2.05, 4.69) is 20.4 Å². The van der Waals surface area contributed by atoms with Crippen LogP contribution in [0.3, 0.4) is 0 Å². The van der Waals surface area contributed by atoms with Gasteiger partial charge in [-0.05, 0) is 5.56 Å². The van der Waals surface area contributed by atoms with Gasteiger partial charge < -0.3 is 14.6 Å². The Labute approximate surface area is 141 Å². The highest BCUT2D eigenvalue weighted by Gasteiger charge is 2.18. The van der Waals surface area contributed by atoms with Crippen LogP contribution in [0.4, 0.5) is 0 Å². The molecule has 1 aliphatic heterocycles. The van der Waals surface area contributed by atoms with Crippen molar-refractivity contribution in [3.8, 4) is 11.4 Å². The average Bonchev–Trinajstić information content (AvgIpc) is 3.15. The van der Waals surface area contributed by atoms with E-state index in [0.29, 0.717) is 12.4 Å². The molecule has 7 nitrogen and oxygen atoms in total. The largest absolute Gasteiger partial charge is 0.379 e. The van der Waals surface area contributed by atoms with Crippen LogP contribution >= 0.6 is 0 Å². The number of carbonyl (C=O) groups is 1. The lowest BCUT2D eigenvalue weighted by Gasteiger charge is -2.28. The third kappa shape index (κ3) is 4.39. The number of morpholine rings is 1. The van der Waals surface area contributed by atoms with Crippen LogP contribution in [0.15, 0.2) is 35.2 Å². The summed E-state index contributed by atoms with van der Waals surface area (Å²) >= 11 is 0. The van der Waals surface area contributed by atoms with Crippen LogP contribution in [0.1, 0.15) is 12.5 Å². The van der Waals surface area contributed by atoms with Crippen molar-refractivity contribution in [2.24, 2.45) is 5.92 Å². The number of hydrogen-bond donors (Lipinski definition) is 1. The molecule has 0 radical (unpaired) electrons. The number of ether oxygens (including phenoxy) is 1. The number of carbonyl (C=O) groups excluding carboxylic acids is 1. The third-order valence-electron chi connectivity index (χ3n) is 4.12. The maximum Gasteiger partial charge on any atom is 0.224 e. The van der Waals surface area contributed by atoms with E-state index in [1.165, 1.54) is 6.39 Å². The van der Waals surface area contributed by atoms with Crippen LogP contribution in [0.2, 0.25) is 0 Å². The molecule has 0 saturated carbocycles. The number of aromatic nitrogens is 2. The van der Waals surface area contributed by atoms with Gasteiger partial charge in [0.05, 0.1) is 13.2 Å². The molecule has 1 atom stereocenters. The van der Waals surface area contributed by atoms with Gasteiger partial charge in [-0.2, -0.15) is 4.98 Å². The summed E-state index contributed by atoms with van der Waals surface area (Å²) in [6.45, 7) is 6.54. The summed E-state index contributed by atoms with van der Waals surface area (Å²) in [7, 11) is 0. The molecule has 7 heteroatoms. The Morgan fingerprint density at radius 3 is 2.71 bits per heavy atom. The van der Waals surface area contributed by atoms with Crippen LogP contribution in [0.5, 0.6) is 0 Å². The molecule has 128 valence electrons. The van der Waals surface area contributed by atoms with Gasteiger partial charge in [-0.15, -0.1) is 0 Å². The first kappa shape index (κ1) is 16.6. The smallest absolute Gasteiger partial charge is 0.224 e. The molecule has 1 saturated heterocycles. The zero-order chi connectivity index (χ0) is 16.8. The predicted molar refractivity (Wildman–Crippen MR) is 88.0 cm³/mol. The minimum atomic E-state index is -0.0401. The van der Waals surface area contributed by atoms with E-state index in [9.17, 15) is 4.79 Å². The lowest BCUT2D eigenvalue weighted by atomic mass is 10.1. The predicted octanol–water partition coefficient (Wildman–Crippen LogP) is 1.32. The van der Waals surface area contributed by atoms with Crippen molar-refractivity contribution in [2.45, 2.75) is 13.5 Å². The van der Waals surface area contributed by atoms with Crippen molar-refractivity contribution in [2.75, 3.05) is 32.8 Å². The second-order valence-corrected chi connectivity index (χ2v) is 5.98. The van der Waals surface area contributed by atoms with Gasteiger partial charge in [0.2, 0.25) is 18.1 Å². The molecule has 1 N–H and O–H groups in total. The molecule has 0 aliphatic carbocycles. The van der Waals surface area contributed by atoms with Gasteiger partial charge >= 0.3 is 0 Å². The van der Waals surface area contributed by atoms with Gasteiger partial charge in [-0.3, -0.25) is 9.69 Å². The number of amides is 1. The summed E-state index contributed by atoms with van der Waals surface area (Å²) in [6.07, 6.45) is 1.30. The van der Waals surface area contributed by atoms with E-state index in [0.717, 1.165) is 44.0 Å². The fourth-order valence-corrected chi connectivity index (χ4v) is 2.69. The standard InChI is InChI=1S/C17H22N4O3/c1-13(11-21-6-8-23-9-7-21)17(22)18-10-14-2-4-15(5-3-14)16-19-12-24-20-16/h2-5,12-13H,6-11H2,1H3,(H,18,22). The minimum Gasteiger partial charge on any atom is -0.379 e. The van der Waals surface area contributed by atoms with Crippen LogP contribution < -0.4 is 5.32 Å². The molecular weight excluding hydrogens is 308 g/mol. The summed E-state index contributed by atoms with van der Waals surface area (Å²) in [5.41, 5.74) is 1.92. The van der Waals surface area contributed by atoms with Crippen LogP contribution in [-0.4, -0.2) is 53.8 Å². The number of nitrogens with zero attached hydrogens (tertiary/aromatic N) is 3. The van der Waals surface area contributed by atoms with Crippen molar-refractivity contribution < 1.29 is 14.1 Å². The zero-order valence-corrected chi connectivity index (χ0v) is 13.8. The summed E-state index contributed by atoms with van der Waals surface area (Å²) in [4.78, 5) is 18.5. The molecule has 1 fully saturated rings. The Bertz CT molecular complexity index is 636. The molecule has 1 aromatic carbocycles. The summed E-state index contributed by atoms with van der Waals surface area (Å²) in [6, 6.07) is 7.75. The number of nitrogens with one attached hydrogen (secondary N) is 1. The molecular formula is C17H22N4O3. The second-order valence-electron chi connectivity index (χ2n) is 5.98. The van der Waals surface area contributed by atoms with Gasteiger partial charge in [0, 0.05) is 37.7 Å². The van der Waals surface area contributed by atoms with Crippen LogP contribution in [-0.2, 0) is 16.1 Å². The summed E-state index contributed by atoms with van der Waals surface area (Å²) in [5.74, 6) is 0.593. The monoisotopic (exact) mass is 330 g/mol. The first-order chi connectivity index (χ1) is 11.7. The highest BCUT2D eigenvalue weighted by atomic mass is 16.5. The molecule has 3 rings (SSSR count). The van der Waals surface area contributed by atoms with Crippen molar-refractivity contribution in [1.29, 1.82) is 0 Å². The van der Waals surface area contributed by atoms with Crippen molar-refractivity contribution in [3.63, 3.8) is 0 Å². The van der Waals surface area contributed by atoms with Gasteiger partial charge in [-0.1, -0.05) is 36.3 Å². The Hall–Kier alpha value is -2.25. The van der Waals surface area contributed by atoms with E-state index >= 15 is 0 Å². The second kappa shape index (κ2) is 8.03. The van der Waals surface area contributed by atoms with Gasteiger partial charge in [0.1, 0.15) is 0 Å². The molecule has 24 heavy (non-hydrogen) atoms. The Balaban J connectivity index is 1.46. The molecule has 2 aromatic rings. The zero-order valence-electron chi connectivity index (χ0n) is 13.8. The van der Waals surface area contributed by atoms with Crippen LogP contribution in [0.25, 0.3) is 11.4 Å². The maximum absolute atomic E-state index is 12.2. The lowest BCUT2D eigenvalue weighted by molar-refractivity contribution is -0.125. The normalized spacial score (nSPS) is 16.7. The van der Waals surface area contributed by atoms with E-state index in [1.54, 1.807) is 0 Å². The van der Waals surface area contributed by atoms with Gasteiger partial charge in [0.15, 0.2) is 0 Å². The number of hydrogen-bond acceptors (Lipinski definition) is 6. The highest BCUT2D eigenvalue weighted by molar-refractivity contribution is 5.78. The quantitative estimate of drug-likeness (QED) is 0.860. The first-order valence-electron chi connectivity index (χ1n) is 8.16. The summed E-state index contributed by atoms with van der Waals surface area (Å²) in [5, 5.41) is 6.80. The fourth-order valence-electron chi connectivity index (χ4n) is 2.69. The summed E-state index contributed by atoms with van der Waals surface area (Å²) < 4.78 is 10.1. The molecule has 1 aliphatic rings. The molecule has 1 aromatic heterocycles. The van der Waals surface area contributed by atoms with E-state index < -0.39 is 0 Å². The minimum absolute atomic E-state index is 0.0401. The van der Waals surface area contributed by atoms with E-state index in [4.69, 9.17) is 9.26 Å². The molecule has 0 spiro atoms. The first-order valence-corrected chi connectivity index (χ1v) is 8.16. The maximum atomic E-state index is 12.2. The average molecular weight is 330 g/mol. The molecule has 2 heterocycles.